The Hall–Kier alpha value is -4.15. The van der Waals surface area contributed by atoms with E-state index in [0.29, 0.717) is 54.4 Å². The molecule has 2 saturated heterocycles. The Labute approximate surface area is 295 Å². The molecule has 0 bridgehead atoms. The predicted octanol–water partition coefficient (Wildman–Crippen LogP) is 5.18. The lowest BCUT2D eigenvalue weighted by molar-refractivity contribution is -0.0596. The molecule has 4 fully saturated rings. The summed E-state index contributed by atoms with van der Waals surface area (Å²) in [6, 6.07) is 6.29. The van der Waals surface area contributed by atoms with Gasteiger partial charge in [0.05, 0.1) is 37.3 Å². The second kappa shape index (κ2) is 13.1. The number of phenols is 1. The highest BCUT2D eigenvalue weighted by molar-refractivity contribution is 6.03. The van der Waals surface area contributed by atoms with Crippen LogP contribution in [0.5, 0.6) is 11.8 Å². The summed E-state index contributed by atoms with van der Waals surface area (Å²) in [7, 11) is 0. The van der Waals surface area contributed by atoms with Gasteiger partial charge < -0.3 is 29.7 Å². The minimum atomic E-state index is -1.20. The molecule has 2 aliphatic heterocycles. The van der Waals surface area contributed by atoms with Crippen LogP contribution in [0.3, 0.4) is 0 Å². The van der Waals surface area contributed by atoms with Crippen molar-refractivity contribution in [2.24, 2.45) is 11.3 Å². The summed E-state index contributed by atoms with van der Waals surface area (Å²) < 4.78 is 44.1. The van der Waals surface area contributed by atoms with E-state index in [2.05, 4.69) is 20.8 Å². The zero-order valence-electron chi connectivity index (χ0n) is 28.7. The Bertz CT molecular complexity index is 2030. The number of rotatable bonds is 7. The summed E-state index contributed by atoms with van der Waals surface area (Å²) in [5.74, 6) is 1.50. The van der Waals surface area contributed by atoms with Gasteiger partial charge in [0.15, 0.2) is 5.82 Å². The first-order chi connectivity index (χ1) is 24.6. The number of terminal acetylenes is 1. The largest absolute Gasteiger partial charge is 0.508 e. The normalized spacial score (nSPS) is 28.3. The summed E-state index contributed by atoms with van der Waals surface area (Å²) in [5, 5.41) is 32.3. The Morgan fingerprint density at radius 2 is 1.96 bits per heavy atom. The molecule has 3 atom stereocenters. The van der Waals surface area contributed by atoms with Crippen molar-refractivity contribution >= 4 is 27.5 Å². The van der Waals surface area contributed by atoms with E-state index in [9.17, 15) is 19.7 Å². The lowest BCUT2D eigenvalue weighted by Crippen LogP contribution is -2.58. The number of phenolic OH excluding ortho intramolecular Hbond substituents is 1. The Balaban J connectivity index is 1.22. The number of aliphatic hydroxyl groups excluding tert-OH is 1. The average Bonchev–Trinajstić information content (AvgIpc) is 3.44. The Kier molecular flexibility index (Phi) is 8.74. The van der Waals surface area contributed by atoms with Gasteiger partial charge in [-0.15, -0.1) is 6.42 Å². The summed E-state index contributed by atoms with van der Waals surface area (Å²) in [6.07, 6.45) is 14.5. The number of likely N-dealkylation sites (tertiary alicyclic amines) is 1. The van der Waals surface area contributed by atoms with E-state index in [-0.39, 0.29) is 64.7 Å². The number of benzene rings is 2. The van der Waals surface area contributed by atoms with E-state index in [1.165, 1.54) is 30.5 Å². The van der Waals surface area contributed by atoms with Crippen LogP contribution in [-0.4, -0.2) is 98.9 Å². The first-order valence-corrected chi connectivity index (χ1v) is 17.9. The van der Waals surface area contributed by atoms with Gasteiger partial charge in [0.1, 0.15) is 34.2 Å². The molecule has 8 rings (SSSR count). The number of nitrogens with zero attached hydrogens (tertiary/aromatic N) is 5. The molecule has 10 nitrogen and oxygen atoms in total. The molecular formula is C39H43F2N5O5. The molecule has 2 aromatic heterocycles. The van der Waals surface area contributed by atoms with Crippen LogP contribution in [0.1, 0.15) is 57.4 Å². The second-order valence-electron chi connectivity index (χ2n) is 15.2. The highest BCUT2D eigenvalue weighted by Crippen LogP contribution is 2.51. The van der Waals surface area contributed by atoms with Crippen molar-refractivity contribution in [2.75, 3.05) is 51.0 Å². The molecule has 0 spiro atoms. The van der Waals surface area contributed by atoms with Gasteiger partial charge in [-0.05, 0) is 81.5 Å². The van der Waals surface area contributed by atoms with Gasteiger partial charge in [-0.2, -0.15) is 9.97 Å². The molecule has 2 aromatic carbocycles. The molecule has 4 aromatic rings. The lowest BCUT2D eigenvalue weighted by atomic mass is 9.72. The van der Waals surface area contributed by atoms with E-state index < -0.39 is 17.2 Å². The number of aromatic nitrogens is 3. The molecular weight excluding hydrogens is 656 g/mol. The third-order valence-corrected chi connectivity index (χ3v) is 11.6. The molecule has 2 aliphatic carbocycles. The van der Waals surface area contributed by atoms with Crippen molar-refractivity contribution in [3.05, 3.63) is 47.7 Å². The molecule has 4 heterocycles. The summed E-state index contributed by atoms with van der Waals surface area (Å²) >= 11 is 0. The molecule has 3 N–H and O–H groups in total. The van der Waals surface area contributed by atoms with Crippen LogP contribution in [-0.2, 0) is 4.74 Å². The molecule has 0 amide bonds. The molecule has 4 aliphatic rings. The van der Waals surface area contributed by atoms with Crippen LogP contribution in [0.2, 0.25) is 0 Å². The highest BCUT2D eigenvalue weighted by atomic mass is 19.1. The smallest absolute Gasteiger partial charge is 0.319 e. The van der Waals surface area contributed by atoms with E-state index in [1.807, 2.05) is 4.90 Å². The van der Waals surface area contributed by atoms with Gasteiger partial charge in [-0.1, -0.05) is 18.4 Å². The molecule has 51 heavy (non-hydrogen) atoms. The van der Waals surface area contributed by atoms with Crippen LogP contribution in [0.4, 0.5) is 14.6 Å². The number of pyridine rings is 1. The van der Waals surface area contributed by atoms with Crippen molar-refractivity contribution in [2.45, 2.75) is 69.6 Å². The van der Waals surface area contributed by atoms with Crippen LogP contribution >= 0.6 is 0 Å². The van der Waals surface area contributed by atoms with Crippen molar-refractivity contribution < 1.29 is 33.6 Å². The van der Waals surface area contributed by atoms with Crippen molar-refractivity contribution in [1.29, 1.82) is 0 Å². The number of halogens is 2. The number of fused-ring (bicyclic) bond motifs is 3. The molecule has 12 heteroatoms. The zero-order valence-corrected chi connectivity index (χ0v) is 28.7. The van der Waals surface area contributed by atoms with Gasteiger partial charge in [0, 0.05) is 47.8 Å². The van der Waals surface area contributed by atoms with Crippen molar-refractivity contribution in [3.8, 4) is 35.4 Å². The molecule has 2 saturated carbocycles. The van der Waals surface area contributed by atoms with E-state index in [4.69, 9.17) is 20.9 Å². The summed E-state index contributed by atoms with van der Waals surface area (Å²) in [5.41, 5.74) is -1.46. The number of hydrogen-bond acceptors (Lipinski definition) is 10. The lowest BCUT2D eigenvalue weighted by Gasteiger charge is -2.53. The van der Waals surface area contributed by atoms with Gasteiger partial charge in [-0.3, -0.25) is 9.88 Å². The monoisotopic (exact) mass is 699 g/mol. The van der Waals surface area contributed by atoms with Crippen LogP contribution in [0.25, 0.3) is 32.9 Å². The summed E-state index contributed by atoms with van der Waals surface area (Å²) in [4.78, 5) is 18.5. The first-order valence-electron chi connectivity index (χ1n) is 17.9. The molecule has 0 radical (unpaired) electrons. The van der Waals surface area contributed by atoms with E-state index in [1.54, 1.807) is 6.92 Å². The maximum absolute atomic E-state index is 17.0. The first kappa shape index (κ1) is 34.0. The molecule has 268 valence electrons. The highest BCUT2D eigenvalue weighted by Gasteiger charge is 2.51. The number of hydrogen-bond donors (Lipinski definition) is 3. The maximum atomic E-state index is 17.0. The van der Waals surface area contributed by atoms with Crippen molar-refractivity contribution in [3.63, 3.8) is 0 Å². The second-order valence-corrected chi connectivity index (χ2v) is 15.2. The number of anilines is 1. The minimum Gasteiger partial charge on any atom is -0.508 e. The third-order valence-electron chi connectivity index (χ3n) is 11.6. The quantitative estimate of drug-likeness (QED) is 0.222. The number of ether oxygens (including phenoxy) is 2. The Morgan fingerprint density at radius 1 is 1.14 bits per heavy atom. The average molecular weight is 700 g/mol. The van der Waals surface area contributed by atoms with Crippen LogP contribution in [0, 0.1) is 35.3 Å². The fourth-order valence-electron chi connectivity index (χ4n) is 9.16. The zero-order chi connectivity index (χ0) is 35.5. The fraction of sp³-hybridized carbons (Fsp3) is 0.513. The predicted molar refractivity (Wildman–Crippen MR) is 189 cm³/mol. The van der Waals surface area contributed by atoms with Gasteiger partial charge in [0.2, 0.25) is 0 Å². The van der Waals surface area contributed by atoms with E-state index >= 15 is 4.39 Å². The number of piperidine rings is 1. The third kappa shape index (κ3) is 6.04. The minimum absolute atomic E-state index is 0.00983. The summed E-state index contributed by atoms with van der Waals surface area (Å²) in [6.45, 7) is 4.33. The fourth-order valence-corrected chi connectivity index (χ4v) is 9.16. The Morgan fingerprint density at radius 3 is 2.76 bits per heavy atom. The number of aliphatic hydroxyl groups is 2. The SMILES string of the molecule is C#Cc1c(F)ccc2cc(O)cc(-c3ncc4c(N5CCOC[C@@](C)(O)C5)nc(OC[C@]56CCC[C@H]5N(C5CC(CO)C5)CCC6)nc4c3F)c12. The maximum Gasteiger partial charge on any atom is 0.319 e. The van der Waals surface area contributed by atoms with Crippen LogP contribution in [0.15, 0.2) is 30.5 Å². The number of aromatic hydroxyl groups is 1. The number of β-amino-alcohol motifs (C(OH)–C–C–N with tert-alkyl or cyclic N) is 1. The van der Waals surface area contributed by atoms with Crippen LogP contribution < -0.4 is 9.64 Å². The molecule has 0 unspecified atom stereocenters. The topological polar surface area (TPSA) is 124 Å². The van der Waals surface area contributed by atoms with Gasteiger partial charge in [0.25, 0.3) is 0 Å². The van der Waals surface area contributed by atoms with Gasteiger partial charge in [-0.25, -0.2) is 8.78 Å². The van der Waals surface area contributed by atoms with Crippen molar-refractivity contribution in [1.82, 2.24) is 19.9 Å². The van der Waals surface area contributed by atoms with E-state index in [0.717, 1.165) is 51.5 Å². The standard InChI is InChI=1S/C39H43F2N5O5/c1-3-27-30(40)8-7-24-16-26(48)17-28(32(24)27)34-33(41)35-29(18-42-34)36(45-12-13-50-21-38(2,49)20-45)44-37(43-35)51-22-39-9-4-6-31(39)46(11-5-10-39)25-14-23(15-25)19-47/h1,7-8,16-18,23,25,31,47-49H,4-6,9-15,19-22H2,2H3/t23?,25?,31-,38+,39-/m1/s1. The van der Waals surface area contributed by atoms with Gasteiger partial charge >= 0.3 is 6.01 Å².